The zero-order chi connectivity index (χ0) is 13.2. The summed E-state index contributed by atoms with van der Waals surface area (Å²) in [5.41, 5.74) is 5.49. The summed E-state index contributed by atoms with van der Waals surface area (Å²) >= 11 is 5.92. The Bertz CT molecular complexity index is 574. The molecule has 3 rings (SSSR count). The number of anilines is 1. The predicted octanol–water partition coefficient (Wildman–Crippen LogP) is 5.00. The fourth-order valence-corrected chi connectivity index (χ4v) is 2.87. The second-order valence-corrected chi connectivity index (χ2v) is 5.69. The Hall–Kier alpha value is -1.47. The molecule has 2 aromatic carbocycles. The van der Waals surface area contributed by atoms with E-state index in [0.717, 1.165) is 5.02 Å². The van der Waals surface area contributed by atoms with Gasteiger partial charge in [-0.15, -0.1) is 0 Å². The Kier molecular flexibility index (Phi) is 3.48. The van der Waals surface area contributed by atoms with Gasteiger partial charge >= 0.3 is 0 Å². The van der Waals surface area contributed by atoms with Gasteiger partial charge in [-0.2, -0.15) is 0 Å². The highest BCUT2D eigenvalue weighted by molar-refractivity contribution is 6.30. The number of hydrogen-bond donors (Lipinski definition) is 1. The fraction of sp³-hybridized carbons (Fsp3) is 0.294. The lowest BCUT2D eigenvalue weighted by molar-refractivity contribution is 0.884. The van der Waals surface area contributed by atoms with E-state index in [9.17, 15) is 0 Å². The minimum atomic E-state index is 0.289. The smallest absolute Gasteiger partial charge is 0.0485 e. The van der Waals surface area contributed by atoms with Gasteiger partial charge in [-0.25, -0.2) is 0 Å². The first-order valence-electron chi connectivity index (χ1n) is 6.86. The molecule has 0 heterocycles. The van der Waals surface area contributed by atoms with E-state index < -0.39 is 0 Å². The van der Waals surface area contributed by atoms with Crippen molar-refractivity contribution in [1.29, 1.82) is 0 Å². The van der Waals surface area contributed by atoms with Gasteiger partial charge in [0.05, 0.1) is 0 Å². The van der Waals surface area contributed by atoms with E-state index in [-0.39, 0.29) is 6.04 Å². The molecule has 2 aromatic rings. The number of halogens is 1. The minimum absolute atomic E-state index is 0.289. The number of nitrogens with one attached hydrogen (secondary N) is 1. The van der Waals surface area contributed by atoms with Crippen molar-refractivity contribution in [3.63, 3.8) is 0 Å². The Labute approximate surface area is 119 Å². The van der Waals surface area contributed by atoms with Gasteiger partial charge < -0.3 is 5.32 Å². The summed E-state index contributed by atoms with van der Waals surface area (Å²) in [6.07, 6.45) is 3.76. The summed E-state index contributed by atoms with van der Waals surface area (Å²) in [4.78, 5) is 0. The molecule has 0 aromatic heterocycles. The quantitative estimate of drug-likeness (QED) is 0.828. The van der Waals surface area contributed by atoms with Gasteiger partial charge in [-0.1, -0.05) is 29.8 Å². The molecule has 0 saturated heterocycles. The molecule has 2 heteroatoms. The molecular formula is C17H18ClN. The molecule has 1 aliphatic carbocycles. The van der Waals surface area contributed by atoms with E-state index in [1.54, 1.807) is 0 Å². The third-order valence-electron chi connectivity index (χ3n) is 3.85. The fourth-order valence-electron chi connectivity index (χ4n) is 2.75. The first-order valence-corrected chi connectivity index (χ1v) is 7.24. The van der Waals surface area contributed by atoms with Crippen molar-refractivity contribution < 1.29 is 0 Å². The maximum atomic E-state index is 5.92. The maximum Gasteiger partial charge on any atom is 0.0485 e. The SMILES string of the molecule is CC(Nc1ccc2c(c1)CCC2)c1ccc(Cl)cc1. The largest absolute Gasteiger partial charge is 0.379 e. The number of aryl methyl sites for hydroxylation is 2. The van der Waals surface area contributed by atoms with Crippen LogP contribution in [0.25, 0.3) is 0 Å². The molecular weight excluding hydrogens is 254 g/mol. The van der Waals surface area contributed by atoms with Crippen LogP contribution in [0.5, 0.6) is 0 Å². The molecule has 0 bridgehead atoms. The molecule has 0 amide bonds. The third-order valence-corrected chi connectivity index (χ3v) is 4.10. The predicted molar refractivity (Wildman–Crippen MR) is 82.0 cm³/mol. The summed E-state index contributed by atoms with van der Waals surface area (Å²) in [5, 5.41) is 4.35. The van der Waals surface area contributed by atoms with E-state index >= 15 is 0 Å². The van der Waals surface area contributed by atoms with Crippen LogP contribution >= 0.6 is 11.6 Å². The van der Waals surface area contributed by atoms with Gasteiger partial charge in [0.1, 0.15) is 0 Å². The van der Waals surface area contributed by atoms with Crippen LogP contribution in [-0.4, -0.2) is 0 Å². The van der Waals surface area contributed by atoms with Crippen LogP contribution in [0.15, 0.2) is 42.5 Å². The molecule has 19 heavy (non-hydrogen) atoms. The average molecular weight is 272 g/mol. The van der Waals surface area contributed by atoms with E-state index in [4.69, 9.17) is 11.6 Å². The molecule has 1 unspecified atom stereocenters. The monoisotopic (exact) mass is 271 g/mol. The molecule has 1 N–H and O–H groups in total. The van der Waals surface area contributed by atoms with Gasteiger partial charge in [-0.05, 0) is 67.1 Å². The molecule has 0 radical (unpaired) electrons. The third kappa shape index (κ3) is 2.76. The normalized spacial score (nSPS) is 15.1. The number of hydrogen-bond acceptors (Lipinski definition) is 1. The summed E-state index contributed by atoms with van der Waals surface area (Å²) in [6, 6.07) is 15.1. The molecule has 0 saturated carbocycles. The van der Waals surface area contributed by atoms with Gasteiger partial charge in [0.15, 0.2) is 0 Å². The standard InChI is InChI=1S/C17H18ClN/c1-12(13-5-8-16(18)9-6-13)19-17-10-7-14-3-2-4-15(14)11-17/h5-12,19H,2-4H2,1H3. The molecule has 1 nitrogen and oxygen atoms in total. The van der Waals surface area contributed by atoms with Crippen LogP contribution in [0.1, 0.15) is 36.1 Å². The Morgan fingerprint density at radius 3 is 2.53 bits per heavy atom. The Morgan fingerprint density at radius 1 is 1.00 bits per heavy atom. The maximum absolute atomic E-state index is 5.92. The molecule has 0 fully saturated rings. The zero-order valence-corrected chi connectivity index (χ0v) is 11.9. The van der Waals surface area contributed by atoms with E-state index in [1.807, 2.05) is 12.1 Å². The van der Waals surface area contributed by atoms with Crippen LogP contribution in [0.4, 0.5) is 5.69 Å². The molecule has 0 aliphatic heterocycles. The van der Waals surface area contributed by atoms with Crippen molar-refractivity contribution >= 4 is 17.3 Å². The van der Waals surface area contributed by atoms with Crippen LogP contribution in [0, 0.1) is 0 Å². The molecule has 1 atom stereocenters. The topological polar surface area (TPSA) is 12.0 Å². The van der Waals surface area contributed by atoms with Crippen LogP contribution in [-0.2, 0) is 12.8 Å². The lowest BCUT2D eigenvalue weighted by Gasteiger charge is -2.16. The van der Waals surface area contributed by atoms with Crippen molar-refractivity contribution in [2.45, 2.75) is 32.2 Å². The number of fused-ring (bicyclic) bond motifs is 1. The van der Waals surface area contributed by atoms with Crippen molar-refractivity contribution in [2.75, 3.05) is 5.32 Å². The summed E-state index contributed by atoms with van der Waals surface area (Å²) < 4.78 is 0. The van der Waals surface area contributed by atoms with Crippen LogP contribution in [0.3, 0.4) is 0 Å². The van der Waals surface area contributed by atoms with E-state index in [2.05, 4.69) is 42.6 Å². The number of benzene rings is 2. The van der Waals surface area contributed by atoms with Crippen LogP contribution in [0.2, 0.25) is 5.02 Å². The summed E-state index contributed by atoms with van der Waals surface area (Å²) in [5.74, 6) is 0. The van der Waals surface area contributed by atoms with E-state index in [1.165, 1.54) is 41.6 Å². The highest BCUT2D eigenvalue weighted by Crippen LogP contribution is 2.27. The van der Waals surface area contributed by atoms with Crippen LogP contribution < -0.4 is 5.32 Å². The van der Waals surface area contributed by atoms with Crippen molar-refractivity contribution in [3.05, 3.63) is 64.2 Å². The first-order chi connectivity index (χ1) is 9.22. The Balaban J connectivity index is 1.75. The summed E-state index contributed by atoms with van der Waals surface area (Å²) in [6.45, 7) is 2.18. The molecule has 98 valence electrons. The second-order valence-electron chi connectivity index (χ2n) is 5.25. The lowest BCUT2D eigenvalue weighted by Crippen LogP contribution is -2.06. The Morgan fingerprint density at radius 2 is 1.74 bits per heavy atom. The first kappa shape index (κ1) is 12.6. The van der Waals surface area contributed by atoms with Gasteiger partial charge in [-0.3, -0.25) is 0 Å². The molecule has 0 spiro atoms. The molecule has 1 aliphatic rings. The summed E-state index contributed by atoms with van der Waals surface area (Å²) in [7, 11) is 0. The number of rotatable bonds is 3. The van der Waals surface area contributed by atoms with E-state index in [0.29, 0.717) is 0 Å². The van der Waals surface area contributed by atoms with Crippen molar-refractivity contribution in [2.24, 2.45) is 0 Å². The second kappa shape index (κ2) is 5.26. The average Bonchev–Trinajstić information content (AvgIpc) is 2.87. The zero-order valence-electron chi connectivity index (χ0n) is 11.1. The minimum Gasteiger partial charge on any atom is -0.379 e. The van der Waals surface area contributed by atoms with Crippen molar-refractivity contribution in [3.8, 4) is 0 Å². The highest BCUT2D eigenvalue weighted by Gasteiger charge is 2.12. The van der Waals surface area contributed by atoms with Crippen molar-refractivity contribution in [1.82, 2.24) is 0 Å². The van der Waals surface area contributed by atoms with Gasteiger partial charge in [0.25, 0.3) is 0 Å². The van der Waals surface area contributed by atoms with Gasteiger partial charge in [0.2, 0.25) is 0 Å². The highest BCUT2D eigenvalue weighted by atomic mass is 35.5. The lowest BCUT2D eigenvalue weighted by atomic mass is 10.1. The van der Waals surface area contributed by atoms with Gasteiger partial charge in [0, 0.05) is 16.8 Å².